The van der Waals surface area contributed by atoms with E-state index < -0.39 is 19.3 Å². The lowest BCUT2D eigenvalue weighted by atomic mass is 10.0. The van der Waals surface area contributed by atoms with Crippen molar-refractivity contribution in [3.8, 4) is 11.5 Å². The highest BCUT2D eigenvalue weighted by atomic mass is 19.4. The SMILES string of the molecule is CCOc1cc(CNC2CCN(CC(F)(F)F)CC2)ccc1OC(F)F. The van der Waals surface area contributed by atoms with Crippen molar-refractivity contribution in [2.45, 2.75) is 45.1 Å². The number of halogens is 5. The number of piperidine rings is 1. The van der Waals surface area contributed by atoms with Crippen LogP contribution >= 0.6 is 0 Å². The third-order valence-corrected chi connectivity index (χ3v) is 4.11. The number of rotatable bonds is 8. The van der Waals surface area contributed by atoms with Gasteiger partial charge in [0.1, 0.15) is 0 Å². The minimum absolute atomic E-state index is 0.0222. The number of alkyl halides is 5. The molecule has 0 aromatic heterocycles. The predicted molar refractivity (Wildman–Crippen MR) is 86.6 cm³/mol. The first-order chi connectivity index (χ1) is 12.3. The minimum atomic E-state index is -4.17. The molecule has 1 aromatic carbocycles. The molecule has 1 fully saturated rings. The summed E-state index contributed by atoms with van der Waals surface area (Å²) >= 11 is 0. The lowest BCUT2D eigenvalue weighted by Crippen LogP contribution is -2.45. The van der Waals surface area contributed by atoms with E-state index in [-0.39, 0.29) is 17.5 Å². The zero-order valence-electron chi connectivity index (χ0n) is 14.5. The standard InChI is InChI=1S/C17H23F5N2O2/c1-2-25-15-9-12(3-4-14(15)26-16(18)19)10-23-13-5-7-24(8-6-13)11-17(20,21)22/h3-4,9,13,16,23H,2,5-8,10-11H2,1H3. The normalized spacial score (nSPS) is 16.9. The van der Waals surface area contributed by atoms with Crippen LogP contribution in [0.5, 0.6) is 11.5 Å². The molecule has 4 nitrogen and oxygen atoms in total. The Bertz CT molecular complexity index is 561. The van der Waals surface area contributed by atoms with Crippen LogP contribution in [-0.4, -0.2) is 50.0 Å². The molecule has 0 radical (unpaired) electrons. The van der Waals surface area contributed by atoms with Gasteiger partial charge in [0.15, 0.2) is 11.5 Å². The van der Waals surface area contributed by atoms with Crippen LogP contribution in [-0.2, 0) is 6.54 Å². The fourth-order valence-corrected chi connectivity index (χ4v) is 2.94. The number of nitrogens with zero attached hydrogens (tertiary/aromatic N) is 1. The molecule has 1 saturated heterocycles. The van der Waals surface area contributed by atoms with Crippen molar-refractivity contribution in [2.75, 3.05) is 26.2 Å². The van der Waals surface area contributed by atoms with Crippen molar-refractivity contribution < 1.29 is 31.4 Å². The van der Waals surface area contributed by atoms with E-state index >= 15 is 0 Å². The maximum atomic E-state index is 12.4. The monoisotopic (exact) mass is 382 g/mol. The first kappa shape index (κ1) is 20.7. The van der Waals surface area contributed by atoms with E-state index in [4.69, 9.17) is 4.74 Å². The van der Waals surface area contributed by atoms with E-state index in [0.717, 1.165) is 5.56 Å². The van der Waals surface area contributed by atoms with Gasteiger partial charge in [0.25, 0.3) is 0 Å². The lowest BCUT2D eigenvalue weighted by Gasteiger charge is -2.32. The Hall–Kier alpha value is -1.61. The number of likely N-dealkylation sites (tertiary alicyclic amines) is 1. The molecule has 1 heterocycles. The third kappa shape index (κ3) is 6.95. The third-order valence-electron chi connectivity index (χ3n) is 4.11. The van der Waals surface area contributed by atoms with E-state index in [2.05, 4.69) is 10.1 Å². The number of ether oxygens (including phenoxy) is 2. The molecule has 2 rings (SSSR count). The van der Waals surface area contributed by atoms with Gasteiger partial charge in [-0.1, -0.05) is 6.07 Å². The molecule has 1 N–H and O–H groups in total. The van der Waals surface area contributed by atoms with Gasteiger partial charge in [-0.25, -0.2) is 0 Å². The van der Waals surface area contributed by atoms with Crippen LogP contribution in [0.3, 0.4) is 0 Å². The van der Waals surface area contributed by atoms with Gasteiger partial charge in [0.05, 0.1) is 13.2 Å². The summed E-state index contributed by atoms with van der Waals surface area (Å²) in [6.07, 6.45) is -2.92. The van der Waals surface area contributed by atoms with Crippen molar-refractivity contribution in [1.82, 2.24) is 10.2 Å². The zero-order valence-corrected chi connectivity index (χ0v) is 14.5. The van der Waals surface area contributed by atoms with Crippen molar-refractivity contribution in [2.24, 2.45) is 0 Å². The van der Waals surface area contributed by atoms with Gasteiger partial charge >= 0.3 is 12.8 Å². The highest BCUT2D eigenvalue weighted by Gasteiger charge is 2.32. The molecular formula is C17H23F5N2O2. The smallest absolute Gasteiger partial charge is 0.401 e. The Morgan fingerprint density at radius 3 is 2.46 bits per heavy atom. The summed E-state index contributed by atoms with van der Waals surface area (Å²) in [5.74, 6) is 0.221. The summed E-state index contributed by atoms with van der Waals surface area (Å²) in [4.78, 5) is 1.40. The lowest BCUT2D eigenvalue weighted by molar-refractivity contribution is -0.148. The van der Waals surface area contributed by atoms with Crippen molar-refractivity contribution in [3.05, 3.63) is 23.8 Å². The second kappa shape index (κ2) is 9.36. The molecule has 1 aromatic rings. The fraction of sp³-hybridized carbons (Fsp3) is 0.647. The maximum absolute atomic E-state index is 12.4. The van der Waals surface area contributed by atoms with Gasteiger partial charge in [0, 0.05) is 12.6 Å². The molecule has 0 spiro atoms. The Labute approximate surface area is 149 Å². The van der Waals surface area contributed by atoms with E-state index in [0.29, 0.717) is 39.1 Å². The zero-order chi connectivity index (χ0) is 19.2. The molecule has 1 aliphatic rings. The van der Waals surface area contributed by atoms with E-state index in [9.17, 15) is 22.0 Å². The summed E-state index contributed by atoms with van der Waals surface area (Å²) in [6.45, 7) is -0.493. The topological polar surface area (TPSA) is 33.7 Å². The van der Waals surface area contributed by atoms with Crippen LogP contribution in [0.15, 0.2) is 18.2 Å². The van der Waals surface area contributed by atoms with Gasteiger partial charge in [-0.3, -0.25) is 4.90 Å². The fourth-order valence-electron chi connectivity index (χ4n) is 2.94. The van der Waals surface area contributed by atoms with Gasteiger partial charge in [0.2, 0.25) is 0 Å². The number of nitrogens with one attached hydrogen (secondary N) is 1. The Morgan fingerprint density at radius 2 is 1.88 bits per heavy atom. The second-order valence-corrected chi connectivity index (χ2v) is 6.14. The average molecular weight is 382 g/mol. The quantitative estimate of drug-likeness (QED) is 0.694. The van der Waals surface area contributed by atoms with Gasteiger partial charge in [-0.2, -0.15) is 22.0 Å². The van der Waals surface area contributed by atoms with Crippen LogP contribution in [0.25, 0.3) is 0 Å². The van der Waals surface area contributed by atoms with Gasteiger partial charge in [-0.15, -0.1) is 0 Å². The number of benzene rings is 1. The highest BCUT2D eigenvalue weighted by molar-refractivity contribution is 5.43. The summed E-state index contributed by atoms with van der Waals surface area (Å²) in [5.41, 5.74) is 0.827. The Morgan fingerprint density at radius 1 is 1.19 bits per heavy atom. The van der Waals surface area contributed by atoms with Crippen LogP contribution < -0.4 is 14.8 Å². The maximum Gasteiger partial charge on any atom is 0.401 e. The summed E-state index contributed by atoms with van der Waals surface area (Å²) in [7, 11) is 0. The minimum Gasteiger partial charge on any atom is -0.490 e. The van der Waals surface area contributed by atoms with E-state index in [1.54, 1.807) is 19.1 Å². The molecule has 0 amide bonds. The Balaban J connectivity index is 1.85. The first-order valence-electron chi connectivity index (χ1n) is 8.50. The molecule has 26 heavy (non-hydrogen) atoms. The largest absolute Gasteiger partial charge is 0.490 e. The van der Waals surface area contributed by atoms with Gasteiger partial charge in [-0.05, 0) is 50.6 Å². The molecule has 148 valence electrons. The second-order valence-electron chi connectivity index (χ2n) is 6.14. The van der Waals surface area contributed by atoms with E-state index in [1.165, 1.54) is 11.0 Å². The molecular weight excluding hydrogens is 359 g/mol. The molecule has 0 atom stereocenters. The predicted octanol–water partition coefficient (Wildman–Crippen LogP) is 3.80. The summed E-state index contributed by atoms with van der Waals surface area (Å²) in [6, 6.07) is 4.84. The summed E-state index contributed by atoms with van der Waals surface area (Å²) < 4.78 is 71.7. The van der Waals surface area contributed by atoms with E-state index in [1.807, 2.05) is 0 Å². The molecule has 0 unspecified atom stereocenters. The van der Waals surface area contributed by atoms with Crippen LogP contribution in [0.1, 0.15) is 25.3 Å². The molecule has 0 saturated carbocycles. The van der Waals surface area contributed by atoms with Crippen LogP contribution in [0, 0.1) is 0 Å². The van der Waals surface area contributed by atoms with Crippen LogP contribution in [0.2, 0.25) is 0 Å². The molecule has 1 aliphatic heterocycles. The molecule has 0 bridgehead atoms. The van der Waals surface area contributed by atoms with Crippen molar-refractivity contribution >= 4 is 0 Å². The molecule has 0 aliphatic carbocycles. The first-order valence-corrected chi connectivity index (χ1v) is 8.50. The van der Waals surface area contributed by atoms with Gasteiger partial charge < -0.3 is 14.8 Å². The average Bonchev–Trinajstić information content (AvgIpc) is 2.55. The number of hydrogen-bond acceptors (Lipinski definition) is 4. The highest BCUT2D eigenvalue weighted by Crippen LogP contribution is 2.30. The number of hydrogen-bond donors (Lipinski definition) is 1. The molecule has 9 heteroatoms. The Kier molecular flexibility index (Phi) is 7.45. The van der Waals surface area contributed by atoms with Crippen molar-refractivity contribution in [1.29, 1.82) is 0 Å². The van der Waals surface area contributed by atoms with Crippen molar-refractivity contribution in [3.63, 3.8) is 0 Å². The van der Waals surface area contributed by atoms with Crippen LogP contribution in [0.4, 0.5) is 22.0 Å². The summed E-state index contributed by atoms with van der Waals surface area (Å²) in [5, 5.41) is 3.30.